The van der Waals surface area contributed by atoms with Gasteiger partial charge < -0.3 is 5.73 Å². The fraction of sp³-hybridized carbons (Fsp3) is 0.588. The molecule has 0 bridgehead atoms. The summed E-state index contributed by atoms with van der Waals surface area (Å²) in [6, 6.07) is 5.27. The molecular weight excluding hydrogens is 342 g/mol. The predicted octanol–water partition coefficient (Wildman–Crippen LogP) is 2.95. The van der Waals surface area contributed by atoms with E-state index in [0.29, 0.717) is 30.4 Å². The number of nitrogens with two attached hydrogens (primary N) is 1. The highest BCUT2D eigenvalue weighted by Crippen LogP contribution is 2.33. The van der Waals surface area contributed by atoms with Crippen molar-refractivity contribution in [3.8, 4) is 0 Å². The van der Waals surface area contributed by atoms with Gasteiger partial charge in [-0.05, 0) is 43.5 Å². The molecule has 0 unspecified atom stereocenters. The van der Waals surface area contributed by atoms with Crippen LogP contribution in [0.4, 0.5) is 0 Å². The standard InChI is InChI=1S/C17H25N3O2S2/c1-17(2,3)16-19-14-5-4-13(10-15(14)23-16)24(21,22)20-8-6-12(11-18)7-9-20/h4-5,10,12H,6-9,11,18H2,1-3H3. The normalized spacial score (nSPS) is 18.3. The molecular formula is C17H25N3O2S2. The SMILES string of the molecule is CC(C)(C)c1nc2ccc(S(=O)(=O)N3CCC(CN)CC3)cc2s1. The molecule has 2 N–H and O–H groups in total. The molecule has 1 aliphatic rings. The highest BCUT2D eigenvalue weighted by molar-refractivity contribution is 7.89. The van der Waals surface area contributed by atoms with E-state index >= 15 is 0 Å². The Morgan fingerprint density at radius 3 is 2.54 bits per heavy atom. The Balaban J connectivity index is 1.91. The van der Waals surface area contributed by atoms with Crippen LogP contribution in [0, 0.1) is 5.92 Å². The molecule has 1 aliphatic heterocycles. The van der Waals surface area contributed by atoms with Gasteiger partial charge in [0.2, 0.25) is 10.0 Å². The average molecular weight is 368 g/mol. The number of thiazole rings is 1. The van der Waals surface area contributed by atoms with Crippen LogP contribution in [-0.4, -0.2) is 37.3 Å². The minimum atomic E-state index is -3.44. The zero-order chi connectivity index (χ0) is 17.5. The van der Waals surface area contributed by atoms with Crippen LogP contribution in [-0.2, 0) is 15.4 Å². The second-order valence-corrected chi connectivity index (χ2v) is 10.5. The molecule has 3 rings (SSSR count). The Hall–Kier alpha value is -1.02. The Kier molecular flexibility index (Phi) is 4.72. The van der Waals surface area contributed by atoms with E-state index < -0.39 is 10.0 Å². The van der Waals surface area contributed by atoms with Gasteiger partial charge in [-0.1, -0.05) is 20.8 Å². The van der Waals surface area contributed by atoms with Crippen molar-refractivity contribution in [1.82, 2.24) is 9.29 Å². The van der Waals surface area contributed by atoms with Gasteiger partial charge in [0.05, 0.1) is 20.1 Å². The number of hydrogen-bond acceptors (Lipinski definition) is 5. The maximum Gasteiger partial charge on any atom is 0.243 e. The van der Waals surface area contributed by atoms with E-state index in [9.17, 15) is 8.42 Å². The third-order valence-electron chi connectivity index (χ3n) is 4.55. The molecule has 0 amide bonds. The van der Waals surface area contributed by atoms with Crippen LogP contribution in [0.2, 0.25) is 0 Å². The van der Waals surface area contributed by atoms with Gasteiger partial charge in [-0.3, -0.25) is 0 Å². The first kappa shape index (κ1) is 17.8. The minimum absolute atomic E-state index is 0.0349. The first-order valence-corrected chi connectivity index (χ1v) is 10.6. The number of sulfonamides is 1. The summed E-state index contributed by atoms with van der Waals surface area (Å²) >= 11 is 1.57. The van der Waals surface area contributed by atoms with E-state index in [4.69, 9.17) is 5.73 Å². The van der Waals surface area contributed by atoms with Gasteiger partial charge in [0.25, 0.3) is 0 Å². The molecule has 1 aromatic carbocycles. The monoisotopic (exact) mass is 367 g/mol. The molecule has 132 valence electrons. The number of piperidine rings is 1. The zero-order valence-corrected chi connectivity index (χ0v) is 16.1. The van der Waals surface area contributed by atoms with Crippen molar-refractivity contribution >= 4 is 31.6 Å². The van der Waals surface area contributed by atoms with E-state index in [1.165, 1.54) is 0 Å². The molecule has 1 aromatic heterocycles. The molecule has 0 spiro atoms. The van der Waals surface area contributed by atoms with Gasteiger partial charge in [0.15, 0.2) is 0 Å². The molecule has 5 nitrogen and oxygen atoms in total. The summed E-state index contributed by atoms with van der Waals surface area (Å²) in [4.78, 5) is 5.00. The van der Waals surface area contributed by atoms with Crippen molar-refractivity contribution in [3.63, 3.8) is 0 Å². The van der Waals surface area contributed by atoms with E-state index in [1.807, 2.05) is 6.07 Å². The van der Waals surface area contributed by atoms with Gasteiger partial charge in [-0.25, -0.2) is 13.4 Å². The summed E-state index contributed by atoms with van der Waals surface area (Å²) in [7, 11) is -3.44. The zero-order valence-electron chi connectivity index (χ0n) is 14.4. The van der Waals surface area contributed by atoms with Crippen LogP contribution in [0.25, 0.3) is 10.2 Å². The lowest BCUT2D eigenvalue weighted by molar-refractivity contribution is 0.278. The number of benzene rings is 1. The fourth-order valence-corrected chi connectivity index (χ4v) is 5.55. The van der Waals surface area contributed by atoms with Crippen LogP contribution in [0.3, 0.4) is 0 Å². The number of aromatic nitrogens is 1. The van der Waals surface area contributed by atoms with Crippen molar-refractivity contribution in [2.24, 2.45) is 11.7 Å². The van der Waals surface area contributed by atoms with Crippen molar-refractivity contribution in [3.05, 3.63) is 23.2 Å². The van der Waals surface area contributed by atoms with Crippen molar-refractivity contribution in [2.75, 3.05) is 19.6 Å². The summed E-state index contributed by atoms with van der Waals surface area (Å²) in [5, 5.41) is 1.02. The fourth-order valence-electron chi connectivity index (χ4n) is 2.92. The Labute approximate surface area is 147 Å². The molecule has 7 heteroatoms. The summed E-state index contributed by atoms with van der Waals surface area (Å²) in [6.07, 6.45) is 1.68. The summed E-state index contributed by atoms with van der Waals surface area (Å²) in [6.45, 7) is 8.09. The number of nitrogens with zero attached hydrogens (tertiary/aromatic N) is 2. The van der Waals surface area contributed by atoms with Gasteiger partial charge in [-0.2, -0.15) is 4.31 Å². The third kappa shape index (κ3) is 3.35. The van der Waals surface area contributed by atoms with E-state index in [2.05, 4.69) is 25.8 Å². The molecule has 1 fully saturated rings. The molecule has 2 heterocycles. The lowest BCUT2D eigenvalue weighted by Gasteiger charge is -2.30. The molecule has 0 aliphatic carbocycles. The molecule has 1 saturated heterocycles. The van der Waals surface area contributed by atoms with Crippen molar-refractivity contribution in [2.45, 2.75) is 43.9 Å². The largest absolute Gasteiger partial charge is 0.330 e. The minimum Gasteiger partial charge on any atom is -0.330 e. The average Bonchev–Trinajstić information content (AvgIpc) is 2.98. The number of hydrogen-bond donors (Lipinski definition) is 1. The summed E-state index contributed by atoms with van der Waals surface area (Å²) in [5.74, 6) is 0.440. The summed E-state index contributed by atoms with van der Waals surface area (Å²) in [5.41, 5.74) is 6.53. The molecule has 24 heavy (non-hydrogen) atoms. The van der Waals surface area contributed by atoms with E-state index in [1.54, 1.807) is 27.8 Å². The van der Waals surface area contributed by atoms with Crippen molar-refractivity contribution in [1.29, 1.82) is 0 Å². The smallest absolute Gasteiger partial charge is 0.243 e. The molecule has 0 radical (unpaired) electrons. The van der Waals surface area contributed by atoms with Gasteiger partial charge in [-0.15, -0.1) is 11.3 Å². The van der Waals surface area contributed by atoms with Gasteiger partial charge in [0, 0.05) is 18.5 Å². The third-order valence-corrected chi connectivity index (χ3v) is 7.88. The van der Waals surface area contributed by atoms with Crippen LogP contribution in [0.1, 0.15) is 38.6 Å². The Morgan fingerprint density at radius 1 is 1.29 bits per heavy atom. The topological polar surface area (TPSA) is 76.3 Å². The van der Waals surface area contributed by atoms with Gasteiger partial charge >= 0.3 is 0 Å². The lowest BCUT2D eigenvalue weighted by Crippen LogP contribution is -2.39. The van der Waals surface area contributed by atoms with Crippen LogP contribution in [0.15, 0.2) is 23.1 Å². The van der Waals surface area contributed by atoms with E-state index in [0.717, 1.165) is 28.1 Å². The van der Waals surface area contributed by atoms with Gasteiger partial charge in [0.1, 0.15) is 0 Å². The maximum absolute atomic E-state index is 12.9. The first-order valence-electron chi connectivity index (χ1n) is 8.33. The Bertz CT molecular complexity index is 829. The quantitative estimate of drug-likeness (QED) is 0.905. The Morgan fingerprint density at radius 2 is 1.96 bits per heavy atom. The van der Waals surface area contributed by atoms with E-state index in [-0.39, 0.29) is 5.41 Å². The molecule has 0 atom stereocenters. The van der Waals surface area contributed by atoms with Crippen LogP contribution in [0.5, 0.6) is 0 Å². The summed E-state index contributed by atoms with van der Waals surface area (Å²) < 4.78 is 28.3. The second-order valence-electron chi connectivity index (χ2n) is 7.48. The highest BCUT2D eigenvalue weighted by Gasteiger charge is 2.29. The molecule has 2 aromatic rings. The maximum atomic E-state index is 12.9. The number of fused-ring (bicyclic) bond motifs is 1. The number of rotatable bonds is 3. The first-order chi connectivity index (χ1) is 11.2. The van der Waals surface area contributed by atoms with Crippen molar-refractivity contribution < 1.29 is 8.42 Å². The lowest BCUT2D eigenvalue weighted by atomic mass is 9.98. The van der Waals surface area contributed by atoms with Crippen LogP contribution >= 0.6 is 11.3 Å². The van der Waals surface area contributed by atoms with Crippen LogP contribution < -0.4 is 5.73 Å². The predicted molar refractivity (Wildman–Crippen MR) is 98.9 cm³/mol. The second kappa shape index (κ2) is 6.37. The molecule has 0 saturated carbocycles. The highest BCUT2D eigenvalue weighted by atomic mass is 32.2.